The maximum absolute atomic E-state index is 11.8. The molecule has 1 amide bonds. The topological polar surface area (TPSA) is 77.2 Å². The standard InChI is InChI=1S/C16H11Cl2N3O3/c17-11-6-10(7-12(18)8-11)15-20-21-16(24-15)19-14(22)9-23-13-4-2-1-3-5-13/h1-8H,9H2,(H,19,21,22). The van der Waals surface area contributed by atoms with Crippen molar-refractivity contribution in [1.82, 2.24) is 10.2 Å². The number of carbonyl (C=O) groups excluding carboxylic acids is 1. The zero-order valence-electron chi connectivity index (χ0n) is 12.2. The van der Waals surface area contributed by atoms with Crippen LogP contribution in [-0.2, 0) is 4.79 Å². The number of ether oxygens (including phenoxy) is 1. The zero-order chi connectivity index (χ0) is 16.9. The van der Waals surface area contributed by atoms with Crippen molar-refractivity contribution in [2.24, 2.45) is 0 Å². The quantitative estimate of drug-likeness (QED) is 0.739. The van der Waals surface area contributed by atoms with Crippen LogP contribution in [0.5, 0.6) is 5.75 Å². The van der Waals surface area contributed by atoms with Crippen molar-refractivity contribution >= 4 is 35.1 Å². The van der Waals surface area contributed by atoms with Gasteiger partial charge < -0.3 is 9.15 Å². The van der Waals surface area contributed by atoms with Crippen LogP contribution in [-0.4, -0.2) is 22.7 Å². The van der Waals surface area contributed by atoms with Crippen molar-refractivity contribution < 1.29 is 13.9 Å². The summed E-state index contributed by atoms with van der Waals surface area (Å²) in [5, 5.41) is 11.0. The average molecular weight is 364 g/mol. The number of amides is 1. The Kier molecular flexibility index (Phi) is 4.98. The average Bonchev–Trinajstić information content (AvgIpc) is 3.01. The van der Waals surface area contributed by atoms with Crippen molar-refractivity contribution in [3.8, 4) is 17.2 Å². The smallest absolute Gasteiger partial charge is 0.322 e. The molecule has 1 aromatic heterocycles. The second kappa shape index (κ2) is 7.33. The molecule has 122 valence electrons. The monoisotopic (exact) mass is 363 g/mol. The number of aromatic nitrogens is 2. The maximum atomic E-state index is 11.8. The van der Waals surface area contributed by atoms with E-state index in [0.717, 1.165) is 0 Å². The van der Waals surface area contributed by atoms with Gasteiger partial charge in [-0.05, 0) is 30.3 Å². The van der Waals surface area contributed by atoms with Crippen molar-refractivity contribution in [2.45, 2.75) is 0 Å². The summed E-state index contributed by atoms with van der Waals surface area (Å²) < 4.78 is 10.7. The molecule has 0 aliphatic carbocycles. The Hall–Kier alpha value is -2.57. The summed E-state index contributed by atoms with van der Waals surface area (Å²) in [6.07, 6.45) is 0. The summed E-state index contributed by atoms with van der Waals surface area (Å²) in [5.41, 5.74) is 0.557. The summed E-state index contributed by atoms with van der Waals surface area (Å²) in [6, 6.07) is 13.8. The molecule has 6 nitrogen and oxygen atoms in total. The Morgan fingerprint density at radius 1 is 1.08 bits per heavy atom. The van der Waals surface area contributed by atoms with E-state index in [2.05, 4.69) is 15.5 Å². The molecule has 3 aromatic rings. The van der Waals surface area contributed by atoms with Gasteiger partial charge in [-0.25, -0.2) is 0 Å². The van der Waals surface area contributed by atoms with Gasteiger partial charge in [-0.3, -0.25) is 10.1 Å². The molecule has 0 saturated carbocycles. The Labute approximate surface area is 147 Å². The highest BCUT2D eigenvalue weighted by Gasteiger charge is 2.13. The lowest BCUT2D eigenvalue weighted by Gasteiger charge is -2.04. The van der Waals surface area contributed by atoms with Crippen LogP contribution in [0, 0.1) is 0 Å². The zero-order valence-corrected chi connectivity index (χ0v) is 13.7. The first-order valence-corrected chi connectivity index (χ1v) is 7.63. The van der Waals surface area contributed by atoms with Crippen molar-refractivity contribution in [3.63, 3.8) is 0 Å². The third-order valence-corrected chi connectivity index (χ3v) is 3.33. The number of nitrogens with zero attached hydrogens (tertiary/aromatic N) is 2. The molecule has 0 aliphatic rings. The fourth-order valence-electron chi connectivity index (χ4n) is 1.89. The highest BCUT2D eigenvalue weighted by Crippen LogP contribution is 2.27. The predicted molar refractivity (Wildman–Crippen MR) is 90.3 cm³/mol. The fourth-order valence-corrected chi connectivity index (χ4v) is 2.41. The Morgan fingerprint density at radius 3 is 2.50 bits per heavy atom. The van der Waals surface area contributed by atoms with E-state index in [1.54, 1.807) is 30.3 Å². The van der Waals surface area contributed by atoms with E-state index in [0.29, 0.717) is 21.4 Å². The van der Waals surface area contributed by atoms with E-state index in [4.69, 9.17) is 32.4 Å². The van der Waals surface area contributed by atoms with Crippen molar-refractivity contribution in [1.29, 1.82) is 0 Å². The molecular formula is C16H11Cl2N3O3. The third kappa shape index (κ3) is 4.24. The second-order valence-corrected chi connectivity index (χ2v) is 5.59. The molecule has 0 fully saturated rings. The molecule has 2 aromatic carbocycles. The van der Waals surface area contributed by atoms with Gasteiger partial charge in [0, 0.05) is 15.6 Å². The minimum absolute atomic E-state index is 0.0391. The van der Waals surface area contributed by atoms with Crippen LogP contribution >= 0.6 is 23.2 Å². The largest absolute Gasteiger partial charge is 0.484 e. The van der Waals surface area contributed by atoms with Gasteiger partial charge in [0.2, 0.25) is 5.89 Å². The molecule has 0 unspecified atom stereocenters. The van der Waals surface area contributed by atoms with Gasteiger partial charge in [0.1, 0.15) is 5.75 Å². The van der Waals surface area contributed by atoms with Crippen LogP contribution in [0.15, 0.2) is 52.9 Å². The number of para-hydroxylation sites is 1. The van der Waals surface area contributed by atoms with Crippen LogP contribution in [0.25, 0.3) is 11.5 Å². The number of halogens is 2. The lowest BCUT2D eigenvalue weighted by atomic mass is 10.2. The maximum Gasteiger partial charge on any atom is 0.322 e. The summed E-state index contributed by atoms with van der Waals surface area (Å²) in [5.74, 6) is 0.365. The van der Waals surface area contributed by atoms with Gasteiger partial charge in [0.25, 0.3) is 5.91 Å². The molecule has 3 rings (SSSR count). The van der Waals surface area contributed by atoms with Gasteiger partial charge in [0.15, 0.2) is 6.61 Å². The summed E-state index contributed by atoms with van der Waals surface area (Å²) in [6.45, 7) is -0.176. The highest BCUT2D eigenvalue weighted by atomic mass is 35.5. The van der Waals surface area contributed by atoms with E-state index < -0.39 is 5.91 Å². The van der Waals surface area contributed by atoms with Gasteiger partial charge in [0.05, 0.1) is 0 Å². The fraction of sp³-hybridized carbons (Fsp3) is 0.0625. The molecule has 0 aliphatic heterocycles. The van der Waals surface area contributed by atoms with Gasteiger partial charge in [-0.1, -0.05) is 46.5 Å². The van der Waals surface area contributed by atoms with Crippen LogP contribution in [0.2, 0.25) is 10.0 Å². The Balaban J connectivity index is 1.62. The normalized spacial score (nSPS) is 10.4. The van der Waals surface area contributed by atoms with Gasteiger partial charge >= 0.3 is 6.01 Å². The Bertz CT molecular complexity index is 833. The number of carbonyl (C=O) groups is 1. The number of nitrogens with one attached hydrogen (secondary N) is 1. The van der Waals surface area contributed by atoms with E-state index in [-0.39, 0.29) is 18.5 Å². The van der Waals surface area contributed by atoms with Crippen LogP contribution in [0.1, 0.15) is 0 Å². The van der Waals surface area contributed by atoms with Crippen LogP contribution < -0.4 is 10.1 Å². The summed E-state index contributed by atoms with van der Waals surface area (Å²) in [7, 11) is 0. The number of benzene rings is 2. The highest BCUT2D eigenvalue weighted by molar-refractivity contribution is 6.35. The number of anilines is 1. The summed E-state index contributed by atoms with van der Waals surface area (Å²) >= 11 is 11.9. The Morgan fingerprint density at radius 2 is 1.79 bits per heavy atom. The molecule has 0 spiro atoms. The lowest BCUT2D eigenvalue weighted by molar-refractivity contribution is -0.118. The molecule has 1 N–H and O–H groups in total. The number of hydrogen-bond acceptors (Lipinski definition) is 5. The molecule has 24 heavy (non-hydrogen) atoms. The molecule has 0 radical (unpaired) electrons. The molecule has 1 heterocycles. The van der Waals surface area contributed by atoms with Gasteiger partial charge in [-0.15, -0.1) is 5.10 Å². The first-order chi connectivity index (χ1) is 11.6. The predicted octanol–water partition coefficient (Wildman–Crippen LogP) is 4.06. The lowest BCUT2D eigenvalue weighted by Crippen LogP contribution is -2.20. The van der Waals surface area contributed by atoms with Gasteiger partial charge in [-0.2, -0.15) is 0 Å². The van der Waals surface area contributed by atoms with E-state index in [1.165, 1.54) is 0 Å². The minimum Gasteiger partial charge on any atom is -0.484 e. The van der Waals surface area contributed by atoms with Crippen molar-refractivity contribution in [3.05, 3.63) is 58.6 Å². The number of rotatable bonds is 5. The first kappa shape index (κ1) is 16.3. The molecular weight excluding hydrogens is 353 g/mol. The first-order valence-electron chi connectivity index (χ1n) is 6.88. The number of hydrogen-bond donors (Lipinski definition) is 1. The SMILES string of the molecule is O=C(COc1ccccc1)Nc1nnc(-c2cc(Cl)cc(Cl)c2)o1. The summed E-state index contributed by atoms with van der Waals surface area (Å²) in [4.78, 5) is 11.8. The second-order valence-electron chi connectivity index (χ2n) is 4.72. The van der Waals surface area contributed by atoms with E-state index in [9.17, 15) is 4.79 Å². The molecule has 0 atom stereocenters. The van der Waals surface area contributed by atoms with Crippen molar-refractivity contribution in [2.75, 3.05) is 11.9 Å². The van der Waals surface area contributed by atoms with Crippen LogP contribution in [0.4, 0.5) is 6.01 Å². The third-order valence-electron chi connectivity index (χ3n) is 2.89. The molecule has 8 heteroatoms. The van der Waals surface area contributed by atoms with Crippen LogP contribution in [0.3, 0.4) is 0 Å². The minimum atomic E-state index is -0.418. The molecule has 0 bridgehead atoms. The van der Waals surface area contributed by atoms with E-state index >= 15 is 0 Å². The van der Waals surface area contributed by atoms with E-state index in [1.807, 2.05) is 18.2 Å². The molecule has 0 saturated heterocycles.